The largest absolute Gasteiger partial charge is 0.380 e. The third-order valence-electron chi connectivity index (χ3n) is 3.58. The Kier molecular flexibility index (Phi) is 9.99. The molecule has 2 aromatic rings. The number of ether oxygens (including phenoxy) is 1. The topological polar surface area (TPSA) is 49.8 Å². The van der Waals surface area contributed by atoms with E-state index in [0.717, 1.165) is 29.8 Å². The number of aromatic nitrogens is 1. The van der Waals surface area contributed by atoms with E-state index in [4.69, 9.17) is 9.73 Å². The lowest BCUT2D eigenvalue weighted by atomic mass is 10.1. The Labute approximate surface area is 171 Å². The summed E-state index contributed by atoms with van der Waals surface area (Å²) in [6.07, 6.45) is 0. The Balaban J connectivity index is 0.00000312. The first-order valence-corrected chi connectivity index (χ1v) is 8.98. The van der Waals surface area contributed by atoms with Crippen LogP contribution in [0.15, 0.2) is 34.6 Å². The fourth-order valence-electron chi connectivity index (χ4n) is 2.44. The molecule has 2 rings (SSSR count). The minimum atomic E-state index is 0. The molecule has 0 aliphatic carbocycles. The lowest BCUT2D eigenvalue weighted by Crippen LogP contribution is -2.38. The number of rotatable bonds is 7. The van der Waals surface area contributed by atoms with Gasteiger partial charge < -0.3 is 15.0 Å². The number of halogens is 1. The van der Waals surface area contributed by atoms with Crippen molar-refractivity contribution in [2.45, 2.75) is 33.5 Å². The molecule has 0 aliphatic rings. The predicted molar refractivity (Wildman–Crippen MR) is 116 cm³/mol. The van der Waals surface area contributed by atoms with Gasteiger partial charge in [-0.3, -0.25) is 0 Å². The van der Waals surface area contributed by atoms with Gasteiger partial charge in [0.25, 0.3) is 0 Å². The third-order valence-corrected chi connectivity index (χ3v) is 4.40. The molecule has 0 spiro atoms. The van der Waals surface area contributed by atoms with E-state index < -0.39 is 0 Å². The summed E-state index contributed by atoms with van der Waals surface area (Å²) < 4.78 is 5.27. The van der Waals surface area contributed by atoms with Crippen LogP contribution in [0.1, 0.15) is 28.8 Å². The smallest absolute Gasteiger partial charge is 0.194 e. The molecule has 1 N–H and O–H groups in total. The molecule has 1 heterocycles. The van der Waals surface area contributed by atoms with Crippen molar-refractivity contribution in [1.82, 2.24) is 15.2 Å². The second-order valence-corrected chi connectivity index (χ2v) is 6.65. The summed E-state index contributed by atoms with van der Waals surface area (Å²) in [6.45, 7) is 6.92. The molecule has 138 valence electrons. The van der Waals surface area contributed by atoms with Crippen LogP contribution in [0, 0.1) is 6.92 Å². The van der Waals surface area contributed by atoms with E-state index in [2.05, 4.69) is 39.6 Å². The first-order chi connectivity index (χ1) is 11.6. The summed E-state index contributed by atoms with van der Waals surface area (Å²) in [7, 11) is 3.75. The van der Waals surface area contributed by atoms with Crippen molar-refractivity contribution in [2.75, 3.05) is 20.7 Å². The van der Waals surface area contributed by atoms with Gasteiger partial charge in [0.15, 0.2) is 5.96 Å². The molecule has 5 nitrogen and oxygen atoms in total. The lowest BCUT2D eigenvalue weighted by Gasteiger charge is -2.21. The number of aryl methyl sites for hydroxylation is 1. The minimum absolute atomic E-state index is 0. The first kappa shape index (κ1) is 21.9. The van der Waals surface area contributed by atoms with Gasteiger partial charge in [0.05, 0.1) is 30.4 Å². The van der Waals surface area contributed by atoms with Gasteiger partial charge in [-0.2, -0.15) is 0 Å². The Morgan fingerprint density at radius 3 is 2.64 bits per heavy atom. The highest BCUT2D eigenvalue weighted by atomic mass is 127. The van der Waals surface area contributed by atoms with Crippen molar-refractivity contribution in [2.24, 2.45) is 4.99 Å². The molecule has 1 aromatic carbocycles. The third kappa shape index (κ3) is 6.91. The monoisotopic (exact) mass is 474 g/mol. The summed E-state index contributed by atoms with van der Waals surface area (Å²) in [5.74, 6) is 0.885. The molecule has 0 saturated heterocycles. The lowest BCUT2D eigenvalue weighted by molar-refractivity contribution is 0.184. The molecular weight excluding hydrogens is 447 g/mol. The second-order valence-electron chi connectivity index (χ2n) is 5.59. The maximum Gasteiger partial charge on any atom is 0.194 e. The molecule has 0 atom stereocenters. The number of aliphatic imine (C=N–C) groups is 1. The van der Waals surface area contributed by atoms with E-state index in [1.165, 1.54) is 11.1 Å². The Bertz CT molecular complexity index is 675. The van der Waals surface area contributed by atoms with Crippen molar-refractivity contribution < 1.29 is 4.74 Å². The molecule has 25 heavy (non-hydrogen) atoms. The molecule has 0 unspecified atom stereocenters. The molecule has 7 heteroatoms. The standard InChI is InChI=1S/C18H26N4OS.HI/c1-5-19-18(22(3)11-17-13-24-14(2)21-17)20-10-15-8-6-7-9-16(15)12-23-4;/h6-9,13H,5,10-12H2,1-4H3,(H,19,20);1H. The summed E-state index contributed by atoms with van der Waals surface area (Å²) in [6, 6.07) is 8.26. The zero-order chi connectivity index (χ0) is 17.4. The summed E-state index contributed by atoms with van der Waals surface area (Å²) in [4.78, 5) is 11.4. The van der Waals surface area contributed by atoms with Crippen LogP contribution in [0.5, 0.6) is 0 Å². The Hall–Kier alpha value is -1.19. The van der Waals surface area contributed by atoms with E-state index in [1.807, 2.05) is 26.1 Å². The molecule has 0 bridgehead atoms. The maximum atomic E-state index is 5.27. The molecule has 0 amide bonds. The van der Waals surface area contributed by atoms with E-state index in [9.17, 15) is 0 Å². The fraction of sp³-hybridized carbons (Fsp3) is 0.444. The predicted octanol–water partition coefficient (Wildman–Crippen LogP) is 3.81. The molecule has 0 radical (unpaired) electrons. The molecule has 0 saturated carbocycles. The number of benzene rings is 1. The second kappa shape index (κ2) is 11.4. The van der Waals surface area contributed by atoms with Crippen LogP contribution in [0.25, 0.3) is 0 Å². The van der Waals surface area contributed by atoms with Crippen LogP contribution < -0.4 is 5.32 Å². The summed E-state index contributed by atoms with van der Waals surface area (Å²) in [5, 5.41) is 6.54. The van der Waals surface area contributed by atoms with Gasteiger partial charge in [-0.25, -0.2) is 9.98 Å². The summed E-state index contributed by atoms with van der Waals surface area (Å²) in [5.41, 5.74) is 3.44. The quantitative estimate of drug-likeness (QED) is 0.377. The van der Waals surface area contributed by atoms with Crippen LogP contribution >= 0.6 is 35.3 Å². The van der Waals surface area contributed by atoms with Gasteiger partial charge in [-0.15, -0.1) is 35.3 Å². The SMILES string of the molecule is CCNC(=NCc1ccccc1COC)N(C)Cc1csc(C)n1.I. The highest BCUT2D eigenvalue weighted by molar-refractivity contribution is 14.0. The molecule has 0 fully saturated rings. The van der Waals surface area contributed by atoms with E-state index in [0.29, 0.717) is 13.2 Å². The van der Waals surface area contributed by atoms with Crippen molar-refractivity contribution in [3.05, 3.63) is 51.5 Å². The van der Waals surface area contributed by atoms with E-state index in [1.54, 1.807) is 18.4 Å². The number of thiazole rings is 1. The average Bonchev–Trinajstić information content (AvgIpc) is 2.97. The molecule has 0 aliphatic heterocycles. The van der Waals surface area contributed by atoms with Crippen LogP contribution in [-0.4, -0.2) is 36.5 Å². The highest BCUT2D eigenvalue weighted by Gasteiger charge is 2.09. The number of hydrogen-bond donors (Lipinski definition) is 1. The minimum Gasteiger partial charge on any atom is -0.380 e. The molecular formula is C18H27IN4OS. The first-order valence-electron chi connectivity index (χ1n) is 8.10. The number of nitrogens with zero attached hydrogens (tertiary/aromatic N) is 3. The maximum absolute atomic E-state index is 5.27. The number of guanidine groups is 1. The highest BCUT2D eigenvalue weighted by Crippen LogP contribution is 2.12. The van der Waals surface area contributed by atoms with Crippen LogP contribution in [0.2, 0.25) is 0 Å². The van der Waals surface area contributed by atoms with E-state index in [-0.39, 0.29) is 24.0 Å². The Morgan fingerprint density at radius 1 is 1.32 bits per heavy atom. The Morgan fingerprint density at radius 2 is 2.04 bits per heavy atom. The van der Waals surface area contributed by atoms with Gasteiger partial charge >= 0.3 is 0 Å². The average molecular weight is 474 g/mol. The van der Waals surface area contributed by atoms with E-state index >= 15 is 0 Å². The van der Waals surface area contributed by atoms with Crippen LogP contribution in [0.4, 0.5) is 0 Å². The molecule has 1 aromatic heterocycles. The van der Waals surface area contributed by atoms with Gasteiger partial charge in [0.1, 0.15) is 0 Å². The zero-order valence-electron chi connectivity index (χ0n) is 15.3. The number of methoxy groups -OCH3 is 1. The van der Waals surface area contributed by atoms with Gasteiger partial charge in [-0.1, -0.05) is 24.3 Å². The summed E-state index contributed by atoms with van der Waals surface area (Å²) >= 11 is 1.68. The fourth-order valence-corrected chi connectivity index (χ4v) is 3.04. The van der Waals surface area contributed by atoms with Crippen LogP contribution in [-0.2, 0) is 24.4 Å². The van der Waals surface area contributed by atoms with Gasteiger partial charge in [0.2, 0.25) is 0 Å². The number of hydrogen-bond acceptors (Lipinski definition) is 4. The van der Waals surface area contributed by atoms with Crippen LogP contribution in [0.3, 0.4) is 0 Å². The zero-order valence-corrected chi connectivity index (χ0v) is 18.4. The van der Waals surface area contributed by atoms with Crippen molar-refractivity contribution in [3.63, 3.8) is 0 Å². The van der Waals surface area contributed by atoms with Crippen molar-refractivity contribution in [3.8, 4) is 0 Å². The number of nitrogens with one attached hydrogen (secondary N) is 1. The van der Waals surface area contributed by atoms with Gasteiger partial charge in [-0.05, 0) is 25.0 Å². The van der Waals surface area contributed by atoms with Crippen molar-refractivity contribution in [1.29, 1.82) is 0 Å². The van der Waals surface area contributed by atoms with Gasteiger partial charge in [0, 0.05) is 26.1 Å². The van der Waals surface area contributed by atoms with Crippen molar-refractivity contribution >= 4 is 41.3 Å². The normalized spacial score (nSPS) is 11.1.